The lowest BCUT2D eigenvalue weighted by molar-refractivity contribution is 0.0617. The molecule has 1 unspecified atom stereocenters. The van der Waals surface area contributed by atoms with E-state index in [4.69, 9.17) is 5.73 Å². The van der Waals surface area contributed by atoms with E-state index in [0.29, 0.717) is 37.4 Å². The van der Waals surface area contributed by atoms with Gasteiger partial charge in [0.05, 0.1) is 6.04 Å². The van der Waals surface area contributed by atoms with E-state index in [-0.39, 0.29) is 23.8 Å². The first-order valence-corrected chi connectivity index (χ1v) is 6.22. The van der Waals surface area contributed by atoms with E-state index in [1.807, 2.05) is 0 Å². The lowest BCUT2D eigenvalue weighted by Gasteiger charge is -2.36. The van der Waals surface area contributed by atoms with E-state index in [1.165, 1.54) is 0 Å². The largest absolute Gasteiger partial charge is 0.382 e. The van der Waals surface area contributed by atoms with Crippen molar-refractivity contribution in [3.63, 3.8) is 0 Å². The van der Waals surface area contributed by atoms with E-state index in [2.05, 4.69) is 15.5 Å². The number of urea groups is 1. The summed E-state index contributed by atoms with van der Waals surface area (Å²) in [5.41, 5.74) is 6.82. The zero-order chi connectivity index (χ0) is 13.6. The van der Waals surface area contributed by atoms with Gasteiger partial charge in [0.1, 0.15) is 5.56 Å². The molecule has 8 heteroatoms. The molecule has 0 bridgehead atoms. The Morgan fingerprint density at radius 1 is 1.47 bits per heavy atom. The number of aromatic amines is 1. The molecule has 1 aromatic heterocycles. The van der Waals surface area contributed by atoms with Crippen LogP contribution >= 0.6 is 0 Å². The highest BCUT2D eigenvalue weighted by molar-refractivity contribution is 5.99. The van der Waals surface area contributed by atoms with Gasteiger partial charge in [-0.15, -0.1) is 0 Å². The summed E-state index contributed by atoms with van der Waals surface area (Å²) in [6, 6.07) is 0.00901. The van der Waals surface area contributed by atoms with Crippen molar-refractivity contribution in [2.45, 2.75) is 13.0 Å². The van der Waals surface area contributed by atoms with Gasteiger partial charge in [0, 0.05) is 31.9 Å². The van der Waals surface area contributed by atoms with E-state index in [9.17, 15) is 9.59 Å². The Bertz CT molecular complexity index is 520. The van der Waals surface area contributed by atoms with Gasteiger partial charge in [0.15, 0.2) is 5.82 Å². The number of nitrogens with zero attached hydrogens (tertiary/aromatic N) is 3. The number of nitrogens with two attached hydrogens (primary N) is 1. The van der Waals surface area contributed by atoms with Crippen LogP contribution in [0.4, 0.5) is 10.6 Å². The molecule has 3 rings (SSSR count). The highest BCUT2D eigenvalue weighted by atomic mass is 16.2. The summed E-state index contributed by atoms with van der Waals surface area (Å²) >= 11 is 0. The van der Waals surface area contributed by atoms with Crippen molar-refractivity contribution in [2.75, 3.05) is 31.9 Å². The Morgan fingerprint density at radius 2 is 2.26 bits per heavy atom. The monoisotopic (exact) mass is 264 g/mol. The normalized spacial score (nSPS) is 22.4. The van der Waals surface area contributed by atoms with Crippen molar-refractivity contribution in [2.24, 2.45) is 0 Å². The fraction of sp³-hybridized carbons (Fsp3) is 0.545. The number of nitrogens with one attached hydrogen (secondary N) is 2. The molecule has 0 saturated carbocycles. The highest BCUT2D eigenvalue weighted by Crippen LogP contribution is 2.20. The number of carbonyl (C=O) groups is 2. The molecule has 2 aliphatic rings. The highest BCUT2D eigenvalue weighted by Gasteiger charge is 2.37. The number of piperazine rings is 1. The van der Waals surface area contributed by atoms with Crippen LogP contribution in [0.25, 0.3) is 0 Å². The number of anilines is 1. The van der Waals surface area contributed by atoms with E-state index in [1.54, 1.807) is 16.7 Å². The Kier molecular flexibility index (Phi) is 2.58. The van der Waals surface area contributed by atoms with Gasteiger partial charge in [0.2, 0.25) is 0 Å². The number of hydrogen-bond donors (Lipinski definition) is 3. The molecule has 1 aromatic rings. The van der Waals surface area contributed by atoms with E-state index < -0.39 is 0 Å². The average molecular weight is 264 g/mol. The van der Waals surface area contributed by atoms with Crippen molar-refractivity contribution < 1.29 is 9.59 Å². The van der Waals surface area contributed by atoms with Crippen LogP contribution < -0.4 is 11.1 Å². The van der Waals surface area contributed by atoms with Crippen LogP contribution in [0, 0.1) is 6.92 Å². The first-order chi connectivity index (χ1) is 9.08. The SMILES string of the molecule is Cc1[nH]nc(N)c1C(=O)N1CCN2C(=O)NCC2C1. The predicted octanol–water partition coefficient (Wildman–Crippen LogP) is -0.850. The topological polar surface area (TPSA) is 107 Å². The number of H-pyrrole nitrogens is 1. The quantitative estimate of drug-likeness (QED) is 0.614. The van der Waals surface area contributed by atoms with Crippen molar-refractivity contribution in [1.29, 1.82) is 0 Å². The number of aryl methyl sites for hydroxylation is 1. The second-order valence-electron chi connectivity index (χ2n) is 4.89. The second kappa shape index (κ2) is 4.15. The van der Waals surface area contributed by atoms with Gasteiger partial charge in [-0.2, -0.15) is 5.10 Å². The van der Waals surface area contributed by atoms with E-state index >= 15 is 0 Å². The number of rotatable bonds is 1. The molecular formula is C11H16N6O2. The molecule has 0 spiro atoms. The minimum Gasteiger partial charge on any atom is -0.382 e. The Morgan fingerprint density at radius 3 is 2.95 bits per heavy atom. The molecule has 0 aliphatic carbocycles. The maximum atomic E-state index is 12.4. The van der Waals surface area contributed by atoms with Crippen LogP contribution in [-0.2, 0) is 0 Å². The summed E-state index contributed by atoms with van der Waals surface area (Å²) in [6.07, 6.45) is 0. The molecule has 102 valence electrons. The van der Waals surface area contributed by atoms with Crippen molar-refractivity contribution in [3.05, 3.63) is 11.3 Å². The van der Waals surface area contributed by atoms with Gasteiger partial charge in [-0.05, 0) is 6.92 Å². The maximum Gasteiger partial charge on any atom is 0.317 e. The molecule has 2 fully saturated rings. The fourth-order valence-corrected chi connectivity index (χ4v) is 2.66. The summed E-state index contributed by atoms with van der Waals surface area (Å²) in [4.78, 5) is 27.4. The Hall–Kier alpha value is -2.25. The van der Waals surface area contributed by atoms with Gasteiger partial charge < -0.3 is 20.9 Å². The van der Waals surface area contributed by atoms with Crippen LogP contribution in [0.15, 0.2) is 0 Å². The van der Waals surface area contributed by atoms with E-state index in [0.717, 1.165) is 0 Å². The average Bonchev–Trinajstić information content (AvgIpc) is 2.93. The van der Waals surface area contributed by atoms with Crippen LogP contribution in [0.3, 0.4) is 0 Å². The molecule has 8 nitrogen and oxygen atoms in total. The zero-order valence-corrected chi connectivity index (χ0v) is 10.6. The standard InChI is InChI=1S/C11H16N6O2/c1-6-8(9(12)15-14-6)10(18)16-2-3-17-7(5-16)4-13-11(17)19/h7H,2-5H2,1H3,(H,13,19)(H3,12,14,15). The number of hydrogen-bond acceptors (Lipinski definition) is 4. The third kappa shape index (κ3) is 1.79. The first-order valence-electron chi connectivity index (χ1n) is 6.22. The lowest BCUT2D eigenvalue weighted by atomic mass is 10.1. The number of aromatic nitrogens is 2. The molecule has 0 aromatic carbocycles. The Balaban J connectivity index is 1.78. The van der Waals surface area contributed by atoms with Crippen molar-refractivity contribution >= 4 is 17.8 Å². The molecular weight excluding hydrogens is 248 g/mol. The minimum atomic E-state index is -0.122. The molecule has 4 N–H and O–H groups in total. The van der Waals surface area contributed by atoms with Crippen LogP contribution in [0.1, 0.15) is 16.1 Å². The molecule has 1 atom stereocenters. The minimum absolute atomic E-state index is 0.0453. The van der Waals surface area contributed by atoms with Gasteiger partial charge >= 0.3 is 6.03 Å². The molecule has 2 saturated heterocycles. The number of fused-ring (bicyclic) bond motifs is 1. The predicted molar refractivity (Wildman–Crippen MR) is 67.5 cm³/mol. The molecule has 3 heterocycles. The maximum absolute atomic E-state index is 12.4. The third-order valence-corrected chi connectivity index (χ3v) is 3.71. The third-order valence-electron chi connectivity index (χ3n) is 3.71. The summed E-state index contributed by atoms with van der Waals surface area (Å²) in [6.45, 7) is 3.96. The second-order valence-corrected chi connectivity index (χ2v) is 4.89. The number of amides is 3. The first kappa shape index (κ1) is 11.8. The summed E-state index contributed by atoms with van der Waals surface area (Å²) in [7, 11) is 0. The Labute approximate surface area is 109 Å². The van der Waals surface area contributed by atoms with Crippen LogP contribution in [-0.4, -0.2) is 64.2 Å². The molecule has 0 radical (unpaired) electrons. The van der Waals surface area contributed by atoms with Crippen molar-refractivity contribution in [1.82, 2.24) is 25.3 Å². The fourth-order valence-electron chi connectivity index (χ4n) is 2.66. The van der Waals surface area contributed by atoms with Crippen LogP contribution in [0.2, 0.25) is 0 Å². The van der Waals surface area contributed by atoms with Gasteiger partial charge in [0.25, 0.3) is 5.91 Å². The lowest BCUT2D eigenvalue weighted by Crippen LogP contribution is -2.53. The number of carbonyl (C=O) groups excluding carboxylic acids is 2. The number of nitrogen functional groups attached to an aromatic ring is 1. The van der Waals surface area contributed by atoms with Gasteiger partial charge in [-0.1, -0.05) is 0 Å². The van der Waals surface area contributed by atoms with Crippen molar-refractivity contribution in [3.8, 4) is 0 Å². The summed E-state index contributed by atoms with van der Waals surface area (Å²) in [5, 5.41) is 9.33. The summed E-state index contributed by atoms with van der Waals surface area (Å²) in [5.74, 6) is 0.105. The smallest absolute Gasteiger partial charge is 0.317 e. The molecule has 2 aliphatic heterocycles. The van der Waals surface area contributed by atoms with Gasteiger partial charge in [-0.3, -0.25) is 9.89 Å². The van der Waals surface area contributed by atoms with Crippen LogP contribution in [0.5, 0.6) is 0 Å². The molecule has 3 amide bonds. The summed E-state index contributed by atoms with van der Waals surface area (Å²) < 4.78 is 0. The zero-order valence-electron chi connectivity index (χ0n) is 10.6. The van der Waals surface area contributed by atoms with Gasteiger partial charge in [-0.25, -0.2) is 4.79 Å². The molecule has 19 heavy (non-hydrogen) atoms.